The lowest BCUT2D eigenvalue weighted by molar-refractivity contribution is 0.0696. The summed E-state index contributed by atoms with van der Waals surface area (Å²) in [4.78, 5) is 30.2. The maximum atomic E-state index is 13.2. The van der Waals surface area contributed by atoms with Gasteiger partial charge in [-0.2, -0.15) is 0 Å². The molecule has 144 valence electrons. The highest BCUT2D eigenvalue weighted by Gasteiger charge is 2.27. The van der Waals surface area contributed by atoms with Crippen molar-refractivity contribution in [3.8, 4) is 5.75 Å². The van der Waals surface area contributed by atoms with Crippen molar-refractivity contribution < 1.29 is 9.53 Å². The van der Waals surface area contributed by atoms with Gasteiger partial charge in [-0.1, -0.05) is 30.3 Å². The number of carbonyl (C=O) groups is 1. The molecule has 3 aromatic rings. The van der Waals surface area contributed by atoms with Crippen molar-refractivity contribution in [1.29, 1.82) is 0 Å². The highest BCUT2D eigenvalue weighted by molar-refractivity contribution is 5.99. The number of hydrogen-bond acceptors (Lipinski definition) is 4. The van der Waals surface area contributed by atoms with Gasteiger partial charge in [-0.3, -0.25) is 9.59 Å². The lowest BCUT2D eigenvalue weighted by Crippen LogP contribution is -2.48. The number of nitrogens with zero attached hydrogens (tertiary/aromatic N) is 1. The van der Waals surface area contributed by atoms with Crippen molar-refractivity contribution in [2.45, 2.75) is 13.0 Å². The van der Waals surface area contributed by atoms with Crippen LogP contribution >= 0.6 is 0 Å². The van der Waals surface area contributed by atoms with Crippen molar-refractivity contribution in [2.24, 2.45) is 0 Å². The number of benzene rings is 2. The Kier molecular flexibility index (Phi) is 4.88. The third kappa shape index (κ3) is 3.27. The van der Waals surface area contributed by atoms with E-state index in [2.05, 4.69) is 10.3 Å². The number of pyridine rings is 1. The van der Waals surface area contributed by atoms with Crippen LogP contribution in [0, 0.1) is 6.92 Å². The zero-order valence-electron chi connectivity index (χ0n) is 16.0. The fraction of sp³-hybridized carbons (Fsp3) is 0.273. The number of piperazine rings is 1. The standard InChI is InChI=1S/C22H23N3O3/c1-14-17-5-3-4-6-18(17)21(26)24-20(14)22(27)25-12-11-23-19(13-25)15-7-9-16(28-2)10-8-15/h3-10,19,23H,11-13H2,1-2H3,(H,24,26). The summed E-state index contributed by atoms with van der Waals surface area (Å²) in [7, 11) is 1.64. The van der Waals surface area contributed by atoms with Crippen LogP contribution in [0.3, 0.4) is 0 Å². The Bertz CT molecular complexity index is 1070. The van der Waals surface area contributed by atoms with Crippen molar-refractivity contribution in [1.82, 2.24) is 15.2 Å². The van der Waals surface area contributed by atoms with E-state index in [9.17, 15) is 9.59 Å². The summed E-state index contributed by atoms with van der Waals surface area (Å²) in [5, 5.41) is 4.88. The monoisotopic (exact) mass is 377 g/mol. The van der Waals surface area contributed by atoms with Gasteiger partial charge >= 0.3 is 0 Å². The van der Waals surface area contributed by atoms with Crippen LogP contribution < -0.4 is 15.6 Å². The fourth-order valence-corrected chi connectivity index (χ4v) is 3.78. The summed E-state index contributed by atoms with van der Waals surface area (Å²) >= 11 is 0. The van der Waals surface area contributed by atoms with E-state index >= 15 is 0 Å². The van der Waals surface area contributed by atoms with Crippen LogP contribution in [0.1, 0.15) is 27.7 Å². The molecule has 6 nitrogen and oxygen atoms in total. The molecule has 2 heterocycles. The molecular formula is C22H23N3O3. The number of aromatic nitrogens is 1. The normalized spacial score (nSPS) is 16.9. The number of ether oxygens (including phenoxy) is 1. The number of nitrogens with one attached hydrogen (secondary N) is 2. The van der Waals surface area contributed by atoms with E-state index in [4.69, 9.17) is 4.74 Å². The van der Waals surface area contributed by atoms with E-state index < -0.39 is 0 Å². The van der Waals surface area contributed by atoms with Gasteiger partial charge in [0.2, 0.25) is 0 Å². The van der Waals surface area contributed by atoms with Crippen molar-refractivity contribution >= 4 is 16.7 Å². The molecule has 2 N–H and O–H groups in total. The number of methoxy groups -OCH3 is 1. The lowest BCUT2D eigenvalue weighted by Gasteiger charge is -2.34. The average Bonchev–Trinajstić information content (AvgIpc) is 2.76. The first-order valence-electron chi connectivity index (χ1n) is 9.36. The molecule has 0 saturated carbocycles. The summed E-state index contributed by atoms with van der Waals surface area (Å²) in [6.45, 7) is 3.72. The first kappa shape index (κ1) is 18.3. The van der Waals surface area contributed by atoms with E-state index in [0.29, 0.717) is 30.7 Å². The molecule has 0 aliphatic carbocycles. The van der Waals surface area contributed by atoms with Crippen molar-refractivity contribution in [3.63, 3.8) is 0 Å². The molecule has 1 aliphatic rings. The number of rotatable bonds is 3. The Hall–Kier alpha value is -3.12. The fourth-order valence-electron chi connectivity index (χ4n) is 3.78. The van der Waals surface area contributed by atoms with Gasteiger partial charge < -0.3 is 19.9 Å². The summed E-state index contributed by atoms with van der Waals surface area (Å²) in [5.74, 6) is 0.664. The maximum Gasteiger partial charge on any atom is 0.270 e. The minimum atomic E-state index is -0.230. The Morgan fingerprint density at radius 2 is 1.82 bits per heavy atom. The zero-order valence-corrected chi connectivity index (χ0v) is 16.0. The van der Waals surface area contributed by atoms with Gasteiger partial charge in [-0.15, -0.1) is 0 Å². The number of amides is 1. The molecule has 6 heteroatoms. The Labute approximate surface area is 163 Å². The largest absolute Gasteiger partial charge is 0.497 e. The van der Waals surface area contributed by atoms with Crippen LogP contribution in [0.15, 0.2) is 53.3 Å². The van der Waals surface area contributed by atoms with Crippen LogP contribution in [0.5, 0.6) is 5.75 Å². The minimum absolute atomic E-state index is 0.0380. The third-order valence-electron chi connectivity index (χ3n) is 5.38. The highest BCUT2D eigenvalue weighted by atomic mass is 16.5. The SMILES string of the molecule is COc1ccc(C2CN(C(=O)c3[nH]c(=O)c4ccccc4c3C)CCN2)cc1. The van der Waals surface area contributed by atoms with Gasteiger partial charge in [0, 0.05) is 31.1 Å². The first-order chi connectivity index (χ1) is 13.6. The number of aryl methyl sites for hydroxylation is 1. The topological polar surface area (TPSA) is 74.4 Å². The molecule has 1 aliphatic heterocycles. The summed E-state index contributed by atoms with van der Waals surface area (Å²) in [6.07, 6.45) is 0. The predicted octanol–water partition coefficient (Wildman–Crippen LogP) is 2.63. The Morgan fingerprint density at radius 3 is 2.54 bits per heavy atom. The molecular weight excluding hydrogens is 354 g/mol. The van der Waals surface area contributed by atoms with Gasteiger partial charge in [-0.25, -0.2) is 0 Å². The molecule has 1 fully saturated rings. The van der Waals surface area contributed by atoms with Gasteiger partial charge in [0.05, 0.1) is 7.11 Å². The second-order valence-electron chi connectivity index (χ2n) is 7.03. The van der Waals surface area contributed by atoms with E-state index in [0.717, 1.165) is 22.3 Å². The second kappa shape index (κ2) is 7.48. The molecule has 1 amide bonds. The van der Waals surface area contributed by atoms with Crippen LogP contribution in [0.2, 0.25) is 0 Å². The third-order valence-corrected chi connectivity index (χ3v) is 5.38. The number of carbonyl (C=O) groups excluding carboxylic acids is 1. The summed E-state index contributed by atoms with van der Waals surface area (Å²) in [5.41, 5.74) is 2.05. The molecule has 1 saturated heterocycles. The Balaban J connectivity index is 1.62. The molecule has 1 atom stereocenters. The molecule has 1 unspecified atom stereocenters. The number of fused-ring (bicyclic) bond motifs is 1. The van der Waals surface area contributed by atoms with Gasteiger partial charge in [-0.05, 0) is 41.6 Å². The van der Waals surface area contributed by atoms with E-state index in [1.54, 1.807) is 18.1 Å². The molecule has 28 heavy (non-hydrogen) atoms. The predicted molar refractivity (Wildman–Crippen MR) is 109 cm³/mol. The van der Waals surface area contributed by atoms with Crippen LogP contribution in [-0.4, -0.2) is 42.5 Å². The highest BCUT2D eigenvalue weighted by Crippen LogP contribution is 2.23. The minimum Gasteiger partial charge on any atom is -0.497 e. The number of H-pyrrole nitrogens is 1. The van der Waals surface area contributed by atoms with E-state index in [1.165, 1.54) is 0 Å². The first-order valence-corrected chi connectivity index (χ1v) is 9.36. The summed E-state index contributed by atoms with van der Waals surface area (Å²) < 4.78 is 5.21. The summed E-state index contributed by atoms with van der Waals surface area (Å²) in [6, 6.07) is 15.3. The molecule has 0 radical (unpaired) electrons. The molecule has 1 aromatic heterocycles. The number of hydrogen-bond donors (Lipinski definition) is 2. The maximum absolute atomic E-state index is 13.2. The second-order valence-corrected chi connectivity index (χ2v) is 7.03. The molecule has 4 rings (SSSR count). The quantitative estimate of drug-likeness (QED) is 0.736. The van der Waals surface area contributed by atoms with Crippen LogP contribution in [0.25, 0.3) is 10.8 Å². The molecule has 0 bridgehead atoms. The molecule has 0 spiro atoms. The van der Waals surface area contributed by atoms with Crippen molar-refractivity contribution in [3.05, 3.63) is 75.7 Å². The smallest absolute Gasteiger partial charge is 0.270 e. The van der Waals surface area contributed by atoms with Crippen molar-refractivity contribution in [2.75, 3.05) is 26.7 Å². The van der Waals surface area contributed by atoms with E-state index in [-0.39, 0.29) is 17.5 Å². The molecule has 2 aromatic carbocycles. The van der Waals surface area contributed by atoms with Gasteiger partial charge in [0.25, 0.3) is 11.5 Å². The number of aromatic amines is 1. The zero-order chi connectivity index (χ0) is 19.7. The lowest BCUT2D eigenvalue weighted by atomic mass is 10.0. The van der Waals surface area contributed by atoms with Crippen LogP contribution in [-0.2, 0) is 0 Å². The average molecular weight is 377 g/mol. The van der Waals surface area contributed by atoms with E-state index in [1.807, 2.05) is 49.4 Å². The van der Waals surface area contributed by atoms with Gasteiger partial charge in [0.1, 0.15) is 11.4 Å². The van der Waals surface area contributed by atoms with Crippen LogP contribution in [0.4, 0.5) is 0 Å². The Morgan fingerprint density at radius 1 is 1.11 bits per heavy atom. The van der Waals surface area contributed by atoms with Gasteiger partial charge in [0.15, 0.2) is 0 Å².